The summed E-state index contributed by atoms with van der Waals surface area (Å²) in [6.07, 6.45) is 0. The third-order valence-electron chi connectivity index (χ3n) is 8.11. The van der Waals surface area contributed by atoms with Crippen LogP contribution in [0.2, 0.25) is 0 Å². The molecule has 2 nitrogen and oxygen atoms in total. The van der Waals surface area contributed by atoms with Gasteiger partial charge in [-0.3, -0.25) is 0 Å². The molecule has 42 heavy (non-hydrogen) atoms. The molecule has 6 aromatic carbocycles. The van der Waals surface area contributed by atoms with Gasteiger partial charge in [0.2, 0.25) is 0 Å². The Bertz CT molecular complexity index is 2150. The zero-order valence-corrected chi connectivity index (χ0v) is 23.1. The normalized spacial score (nSPS) is 11.3. The van der Waals surface area contributed by atoms with Gasteiger partial charge in [0.15, 0.2) is 0 Å². The fourth-order valence-electron chi connectivity index (χ4n) is 6.13. The summed E-state index contributed by atoms with van der Waals surface area (Å²) in [6, 6.07) is 60.9. The first-order chi connectivity index (χ1) is 20.8. The van der Waals surface area contributed by atoms with Crippen LogP contribution in [0.4, 0.5) is 0 Å². The van der Waals surface area contributed by atoms with Gasteiger partial charge >= 0.3 is 0 Å². The molecule has 0 bridgehead atoms. The first kappa shape index (κ1) is 24.2. The Hall–Kier alpha value is -5.60. The van der Waals surface area contributed by atoms with Crippen LogP contribution in [0.15, 0.2) is 170 Å². The molecule has 0 aliphatic carbocycles. The lowest BCUT2D eigenvalue weighted by Crippen LogP contribution is -1.96. The highest BCUT2D eigenvalue weighted by molar-refractivity contribution is 5.95. The smallest absolute Gasteiger partial charge is 0.0541 e. The van der Waals surface area contributed by atoms with Gasteiger partial charge in [-0.25, -0.2) is 0 Å². The Labute approximate surface area is 245 Å². The molecule has 0 aliphatic heterocycles. The number of para-hydroxylation sites is 2. The Balaban J connectivity index is 1.31. The summed E-state index contributed by atoms with van der Waals surface area (Å²) in [4.78, 5) is 0. The second kappa shape index (κ2) is 10.1. The number of hydrogen-bond acceptors (Lipinski definition) is 0. The van der Waals surface area contributed by atoms with Crippen molar-refractivity contribution in [3.8, 4) is 45.0 Å². The van der Waals surface area contributed by atoms with Crippen LogP contribution in [0.3, 0.4) is 0 Å². The minimum atomic E-state index is 1.16. The fourth-order valence-corrected chi connectivity index (χ4v) is 6.13. The van der Waals surface area contributed by atoms with Crippen molar-refractivity contribution >= 4 is 21.8 Å². The maximum atomic E-state index is 2.38. The molecule has 0 spiro atoms. The van der Waals surface area contributed by atoms with Crippen molar-refractivity contribution in [2.45, 2.75) is 0 Å². The predicted octanol–water partition coefficient (Wildman–Crippen LogP) is 10.6. The van der Waals surface area contributed by atoms with Crippen molar-refractivity contribution in [2.24, 2.45) is 0 Å². The highest BCUT2D eigenvalue weighted by atomic mass is 15.0. The molecule has 0 unspecified atom stereocenters. The molecule has 0 saturated heterocycles. The van der Waals surface area contributed by atoms with Crippen molar-refractivity contribution in [3.63, 3.8) is 0 Å². The molecule has 198 valence electrons. The summed E-state index contributed by atoms with van der Waals surface area (Å²) in [6.45, 7) is 0. The van der Waals surface area contributed by atoms with Gasteiger partial charge in [-0.1, -0.05) is 115 Å². The molecule has 0 radical (unpaired) electrons. The van der Waals surface area contributed by atoms with Gasteiger partial charge in [-0.05, 0) is 76.9 Å². The summed E-state index contributed by atoms with van der Waals surface area (Å²) in [5.41, 5.74) is 11.9. The van der Waals surface area contributed by atoms with Crippen molar-refractivity contribution < 1.29 is 0 Å². The standard InChI is InChI=1S/C40H28N2/c1-5-13-29(14-6-1)38-27-33-22-21-32(26-40(33)42(38)36-19-11-4-12-20-36)31-23-24-37-34(25-31)28-39(30-15-7-2-8-16-30)41(37)35-17-9-3-10-18-35/h1-28H. The molecule has 0 fully saturated rings. The second-order valence-corrected chi connectivity index (χ2v) is 10.7. The van der Waals surface area contributed by atoms with Gasteiger partial charge in [-0.15, -0.1) is 0 Å². The van der Waals surface area contributed by atoms with Crippen LogP contribution in [0, 0.1) is 0 Å². The summed E-state index contributed by atoms with van der Waals surface area (Å²) in [5, 5.41) is 2.45. The molecule has 2 heteroatoms. The molecular weight excluding hydrogens is 508 g/mol. The van der Waals surface area contributed by atoms with Crippen LogP contribution >= 0.6 is 0 Å². The average molecular weight is 537 g/mol. The van der Waals surface area contributed by atoms with Crippen LogP contribution in [0.25, 0.3) is 66.8 Å². The Kier molecular flexibility index (Phi) is 5.82. The van der Waals surface area contributed by atoms with E-state index in [4.69, 9.17) is 0 Å². The van der Waals surface area contributed by atoms with E-state index < -0.39 is 0 Å². The molecule has 8 rings (SSSR count). The van der Waals surface area contributed by atoms with Gasteiger partial charge in [0, 0.05) is 22.1 Å². The van der Waals surface area contributed by atoms with Crippen molar-refractivity contribution in [1.82, 2.24) is 9.13 Å². The number of benzene rings is 6. The van der Waals surface area contributed by atoms with Crippen molar-refractivity contribution in [1.29, 1.82) is 0 Å². The lowest BCUT2D eigenvalue weighted by atomic mass is 10.0. The molecule has 2 aromatic heterocycles. The Morgan fingerprint density at radius 2 is 0.738 bits per heavy atom. The van der Waals surface area contributed by atoms with Crippen LogP contribution in [-0.2, 0) is 0 Å². The number of hydrogen-bond donors (Lipinski definition) is 0. The summed E-state index contributed by atoms with van der Waals surface area (Å²) >= 11 is 0. The second-order valence-electron chi connectivity index (χ2n) is 10.7. The predicted molar refractivity (Wildman–Crippen MR) is 176 cm³/mol. The average Bonchev–Trinajstić information content (AvgIpc) is 3.65. The number of rotatable bonds is 5. The molecule has 8 aromatic rings. The molecular formula is C40H28N2. The SMILES string of the molecule is c1ccc(-c2cc3cc(-c4ccc5cc(-c6ccccc6)n(-c6ccccc6)c5c4)ccc3n2-c2ccccc2)cc1. The van der Waals surface area contributed by atoms with E-state index in [1.807, 2.05) is 0 Å². The van der Waals surface area contributed by atoms with E-state index >= 15 is 0 Å². The van der Waals surface area contributed by atoms with Gasteiger partial charge < -0.3 is 9.13 Å². The van der Waals surface area contributed by atoms with E-state index in [1.54, 1.807) is 0 Å². The zero-order chi connectivity index (χ0) is 27.9. The van der Waals surface area contributed by atoms with E-state index in [0.29, 0.717) is 0 Å². The third kappa shape index (κ3) is 4.13. The molecule has 2 heterocycles. The largest absolute Gasteiger partial charge is 0.309 e. The van der Waals surface area contributed by atoms with Gasteiger partial charge in [-0.2, -0.15) is 0 Å². The van der Waals surface area contributed by atoms with Gasteiger partial charge in [0.25, 0.3) is 0 Å². The molecule has 0 atom stereocenters. The Morgan fingerprint density at radius 1 is 0.286 bits per heavy atom. The zero-order valence-electron chi connectivity index (χ0n) is 23.1. The minimum Gasteiger partial charge on any atom is -0.309 e. The highest BCUT2D eigenvalue weighted by Crippen LogP contribution is 2.37. The molecule has 0 aliphatic rings. The first-order valence-electron chi connectivity index (χ1n) is 14.4. The monoisotopic (exact) mass is 536 g/mol. The quantitative estimate of drug-likeness (QED) is 0.207. The fraction of sp³-hybridized carbons (Fsp3) is 0. The lowest BCUT2D eigenvalue weighted by molar-refractivity contribution is 1.13. The minimum absolute atomic E-state index is 1.16. The molecule has 0 N–H and O–H groups in total. The van der Waals surface area contributed by atoms with Crippen LogP contribution in [0.5, 0.6) is 0 Å². The topological polar surface area (TPSA) is 9.86 Å². The van der Waals surface area contributed by atoms with Crippen LogP contribution in [-0.4, -0.2) is 9.13 Å². The molecule has 0 saturated carbocycles. The third-order valence-corrected chi connectivity index (χ3v) is 8.11. The van der Waals surface area contributed by atoms with Gasteiger partial charge in [0.1, 0.15) is 0 Å². The number of aromatic nitrogens is 2. The van der Waals surface area contributed by atoms with E-state index in [0.717, 1.165) is 11.4 Å². The lowest BCUT2D eigenvalue weighted by Gasteiger charge is -2.12. The maximum Gasteiger partial charge on any atom is 0.0541 e. The van der Waals surface area contributed by atoms with Crippen molar-refractivity contribution in [3.05, 3.63) is 170 Å². The van der Waals surface area contributed by atoms with Gasteiger partial charge in [0.05, 0.1) is 22.4 Å². The van der Waals surface area contributed by atoms with Crippen LogP contribution in [0.1, 0.15) is 0 Å². The first-order valence-corrected chi connectivity index (χ1v) is 14.4. The molecule has 0 amide bonds. The van der Waals surface area contributed by atoms with E-state index in [1.165, 1.54) is 55.4 Å². The summed E-state index contributed by atoms with van der Waals surface area (Å²) in [5.74, 6) is 0. The summed E-state index contributed by atoms with van der Waals surface area (Å²) < 4.78 is 4.75. The van der Waals surface area contributed by atoms with E-state index in [2.05, 4.69) is 179 Å². The van der Waals surface area contributed by atoms with E-state index in [9.17, 15) is 0 Å². The number of fused-ring (bicyclic) bond motifs is 2. The summed E-state index contributed by atoms with van der Waals surface area (Å²) in [7, 11) is 0. The van der Waals surface area contributed by atoms with E-state index in [-0.39, 0.29) is 0 Å². The Morgan fingerprint density at radius 3 is 1.31 bits per heavy atom. The van der Waals surface area contributed by atoms with Crippen LogP contribution < -0.4 is 0 Å². The van der Waals surface area contributed by atoms with Crippen molar-refractivity contribution in [2.75, 3.05) is 0 Å². The highest BCUT2D eigenvalue weighted by Gasteiger charge is 2.16. The number of nitrogens with zero attached hydrogens (tertiary/aromatic N) is 2. The maximum absolute atomic E-state index is 2.38.